The van der Waals surface area contributed by atoms with E-state index in [0.29, 0.717) is 67.7 Å². The number of carboxylic acid groups (broad SMARTS) is 1. The summed E-state index contributed by atoms with van der Waals surface area (Å²) in [6.45, 7) is 12.6. The SMILES string of the molecule is C/C=N/Nc1nc(C)cc(C(=O)N(C)C)n1.CNC.CSc1nc(C)cc(C(=O)N(C)C)n1.CSc1nc(C)cc(C(=O)O)n1.Cc1cc(C(=O)N(C)C)nc(NN)n1.Cc1nc2nc(C(=O)N(C)C)cc(C)n2n1.NN.O. The van der Waals surface area contributed by atoms with E-state index in [0.717, 1.165) is 11.4 Å². The van der Waals surface area contributed by atoms with Crippen LogP contribution >= 0.6 is 23.5 Å². The van der Waals surface area contributed by atoms with Gasteiger partial charge in [-0.05, 0) is 105 Å². The van der Waals surface area contributed by atoms with Crippen molar-refractivity contribution in [2.24, 2.45) is 22.6 Å². The zero-order valence-electron chi connectivity index (χ0n) is 47.6. The third-order valence-corrected chi connectivity index (χ3v) is 9.58. The monoisotopic (exact) mass is 1130 g/mol. The van der Waals surface area contributed by atoms with Gasteiger partial charge in [0.1, 0.15) is 28.6 Å². The number of carboxylic acids is 1. The largest absolute Gasteiger partial charge is 0.477 e. The number of hydrogen-bond donors (Lipinski definition) is 7. The highest BCUT2D eigenvalue weighted by Crippen LogP contribution is 2.13. The molecule has 4 amide bonds. The molecule has 0 atom stereocenters. The van der Waals surface area contributed by atoms with Crippen molar-refractivity contribution in [2.45, 2.75) is 58.8 Å². The highest BCUT2D eigenvalue weighted by atomic mass is 32.2. The van der Waals surface area contributed by atoms with E-state index in [-0.39, 0.29) is 40.7 Å². The van der Waals surface area contributed by atoms with E-state index in [1.165, 1.54) is 49.2 Å². The molecule has 78 heavy (non-hydrogen) atoms. The summed E-state index contributed by atoms with van der Waals surface area (Å²) in [6.07, 6.45) is 5.28. The molecule has 12 N–H and O–H groups in total. The number of aromatic nitrogens is 12. The van der Waals surface area contributed by atoms with E-state index < -0.39 is 5.97 Å². The molecular formula is C46H75N23O7S2. The lowest BCUT2D eigenvalue weighted by Gasteiger charge is -2.10. The van der Waals surface area contributed by atoms with Crippen LogP contribution in [0.25, 0.3) is 5.78 Å². The Balaban J connectivity index is 0. The number of nitrogen functional groups attached to an aromatic ring is 1. The van der Waals surface area contributed by atoms with Gasteiger partial charge >= 0.3 is 5.97 Å². The Morgan fingerprint density at radius 3 is 1.28 bits per heavy atom. The van der Waals surface area contributed by atoms with Gasteiger partial charge in [-0.2, -0.15) is 15.2 Å². The van der Waals surface area contributed by atoms with Crippen LogP contribution in [0.5, 0.6) is 0 Å². The van der Waals surface area contributed by atoms with Crippen molar-refractivity contribution in [1.82, 2.24) is 84.4 Å². The van der Waals surface area contributed by atoms with Crippen molar-refractivity contribution < 1.29 is 34.6 Å². The van der Waals surface area contributed by atoms with E-state index in [1.807, 2.05) is 34.2 Å². The second-order valence-corrected chi connectivity index (χ2v) is 17.6. The van der Waals surface area contributed by atoms with Gasteiger partial charge in [-0.1, -0.05) is 23.5 Å². The molecule has 0 fully saturated rings. The maximum atomic E-state index is 11.8. The van der Waals surface area contributed by atoms with E-state index >= 15 is 0 Å². The number of rotatable bonds is 10. The first-order chi connectivity index (χ1) is 36.2. The number of amides is 4. The molecule has 0 spiro atoms. The van der Waals surface area contributed by atoms with Crippen molar-refractivity contribution in [1.29, 1.82) is 0 Å². The Morgan fingerprint density at radius 2 is 0.910 bits per heavy atom. The summed E-state index contributed by atoms with van der Waals surface area (Å²) >= 11 is 2.76. The standard InChI is InChI=1S/C10H13N5O.C10H15N5O.C9H13N3OS.C8H13N5O.C7H8N2O2S.C2H7N.H4N2.H2O/c1-6-5-8(9(16)14(3)4)12-10-11-7(2)13-15(6)10;1-5-11-14-10-12-7(2)6-8(13-10)9(16)15(3)4;1-6-5-7(8(13)12(2)3)11-9(10-6)14-4;1-5-4-6(7(14)13(2)3)11-8(10-5)12-9;1-4-3-5(6(10)11)9-7(8-4)12-2;1-3-2;1-2;/h5H,1-4H3;5-6H,1-4H3,(H,12,13,14);5H,1-4H3;4H,9H2,1-3H3,(H,10,11,12);3H,1-2H3,(H,10,11);3H,1-2H3;1-2H2;1H2/b;11-5+;;;;;;. The van der Waals surface area contributed by atoms with Gasteiger partial charge in [0, 0.05) is 91.1 Å². The number of hydrazone groups is 1. The number of thioether (sulfide) groups is 2. The number of nitrogens with zero attached hydrogens (tertiary/aromatic N) is 17. The molecule has 6 heterocycles. The summed E-state index contributed by atoms with van der Waals surface area (Å²) in [7, 11) is 17.2. The van der Waals surface area contributed by atoms with Crippen LogP contribution in [0, 0.1) is 41.5 Å². The summed E-state index contributed by atoms with van der Waals surface area (Å²) in [5, 5.41) is 20.5. The van der Waals surface area contributed by atoms with Crippen molar-refractivity contribution >= 4 is 77.0 Å². The average Bonchev–Trinajstić information content (AvgIpc) is 3.78. The average molecular weight is 1130 g/mol. The Kier molecular flexibility index (Phi) is 34.1. The Hall–Kier alpha value is -8.01. The molecule has 0 aliphatic heterocycles. The minimum absolute atomic E-state index is 0. The molecule has 0 saturated carbocycles. The molecule has 0 aliphatic rings. The highest BCUT2D eigenvalue weighted by molar-refractivity contribution is 7.98. The third-order valence-electron chi connectivity index (χ3n) is 8.48. The van der Waals surface area contributed by atoms with Crippen LogP contribution < -0.4 is 33.7 Å². The van der Waals surface area contributed by atoms with Crippen molar-refractivity contribution in [3.63, 3.8) is 0 Å². The van der Waals surface area contributed by atoms with E-state index in [2.05, 4.69) is 87.9 Å². The van der Waals surface area contributed by atoms with Gasteiger partial charge in [0.2, 0.25) is 11.9 Å². The number of anilines is 2. The molecule has 0 unspecified atom stereocenters. The molecule has 428 valence electrons. The second-order valence-electron chi connectivity index (χ2n) is 16.1. The summed E-state index contributed by atoms with van der Waals surface area (Å²) in [4.78, 5) is 104. The first-order valence-electron chi connectivity index (χ1n) is 22.6. The Bertz CT molecular complexity index is 2830. The lowest BCUT2D eigenvalue weighted by Crippen LogP contribution is -2.24. The lowest BCUT2D eigenvalue weighted by atomic mass is 10.3. The topological polar surface area (TPSA) is 423 Å². The van der Waals surface area contributed by atoms with Crippen LogP contribution in [0.3, 0.4) is 0 Å². The van der Waals surface area contributed by atoms with E-state index in [1.54, 1.807) is 132 Å². The fourth-order valence-corrected chi connectivity index (χ4v) is 6.07. The van der Waals surface area contributed by atoms with Crippen molar-refractivity contribution in [3.05, 3.63) is 93.1 Å². The fourth-order valence-electron chi connectivity index (χ4n) is 5.22. The zero-order chi connectivity index (χ0) is 59.3. The normalized spacial score (nSPS) is 9.72. The number of nitrogens with two attached hydrogens (primary N) is 3. The molecule has 30 nitrogen and oxygen atoms in total. The van der Waals surface area contributed by atoms with E-state index in [4.69, 9.17) is 10.9 Å². The zero-order valence-corrected chi connectivity index (χ0v) is 49.2. The van der Waals surface area contributed by atoms with Gasteiger partial charge in [0.15, 0.2) is 16.0 Å². The van der Waals surface area contributed by atoms with Crippen LogP contribution in [-0.4, -0.2) is 208 Å². The molecule has 6 aromatic rings. The van der Waals surface area contributed by atoms with Gasteiger partial charge < -0.3 is 35.5 Å². The summed E-state index contributed by atoms with van der Waals surface area (Å²) in [6, 6.07) is 8.11. The summed E-state index contributed by atoms with van der Waals surface area (Å²) in [5.74, 6) is 13.3. The van der Waals surface area contributed by atoms with E-state index in [9.17, 15) is 24.0 Å². The highest BCUT2D eigenvalue weighted by Gasteiger charge is 2.16. The Labute approximate surface area is 462 Å². The number of carbonyl (C=O) groups excluding carboxylic acids is 4. The molecule has 0 radical (unpaired) electrons. The molecular weight excluding hydrogens is 1050 g/mol. The van der Waals surface area contributed by atoms with Gasteiger partial charge in [0.25, 0.3) is 29.4 Å². The number of nitrogens with one attached hydrogen (secondary N) is 3. The number of hydrogen-bond acceptors (Lipinski definition) is 25. The maximum Gasteiger partial charge on any atom is 0.354 e. The van der Waals surface area contributed by atoms with Gasteiger partial charge in [0.05, 0.1) is 0 Å². The van der Waals surface area contributed by atoms with Crippen LogP contribution in [0.15, 0.2) is 45.7 Å². The summed E-state index contributed by atoms with van der Waals surface area (Å²) in [5.41, 5.74) is 10.3. The van der Waals surface area contributed by atoms with Crippen molar-refractivity contribution in [3.8, 4) is 0 Å². The number of aryl methyl sites for hydroxylation is 6. The maximum absolute atomic E-state index is 11.8. The third kappa shape index (κ3) is 25.2. The quantitative estimate of drug-likeness (QED) is 0.0335. The minimum atomic E-state index is -1.02. The van der Waals surface area contributed by atoms with Crippen LogP contribution in [0.1, 0.15) is 93.7 Å². The molecule has 0 saturated heterocycles. The predicted molar refractivity (Wildman–Crippen MR) is 302 cm³/mol. The van der Waals surface area contributed by atoms with Gasteiger partial charge in [-0.25, -0.2) is 65.4 Å². The van der Waals surface area contributed by atoms with Gasteiger partial charge in [-0.15, -0.1) is 0 Å². The smallest absolute Gasteiger partial charge is 0.354 e. The molecule has 6 aromatic heterocycles. The second kappa shape index (κ2) is 36.9. The molecule has 0 aliphatic carbocycles. The molecule has 6 rings (SSSR count). The molecule has 0 aromatic carbocycles. The number of aromatic carboxylic acids is 1. The Morgan fingerprint density at radius 1 is 0.564 bits per heavy atom. The van der Waals surface area contributed by atoms with Crippen LogP contribution in [0.4, 0.5) is 11.9 Å². The first-order valence-corrected chi connectivity index (χ1v) is 25.1. The number of fused-ring (bicyclic) bond motifs is 1. The lowest BCUT2D eigenvalue weighted by molar-refractivity contribution is 0.0687. The number of carbonyl (C=O) groups is 5. The minimum Gasteiger partial charge on any atom is -0.477 e. The first kappa shape index (κ1) is 72.1. The van der Waals surface area contributed by atoms with Crippen LogP contribution in [-0.2, 0) is 0 Å². The molecule has 0 bridgehead atoms. The van der Waals surface area contributed by atoms with Crippen LogP contribution in [0.2, 0.25) is 0 Å². The predicted octanol–water partition coefficient (Wildman–Crippen LogP) is 1.36. The number of hydrazine groups is 2. The molecule has 32 heteroatoms. The fraction of sp³-hybridized carbons (Fsp3) is 0.413. The summed E-state index contributed by atoms with van der Waals surface area (Å²) < 4.78 is 1.63. The van der Waals surface area contributed by atoms with Crippen molar-refractivity contribution in [2.75, 3.05) is 93.8 Å². The van der Waals surface area contributed by atoms with Gasteiger partial charge in [-0.3, -0.25) is 36.3 Å².